The molecule has 30 heavy (non-hydrogen) atoms. The first-order valence-corrected chi connectivity index (χ1v) is 11.9. The third-order valence-corrected chi connectivity index (χ3v) is 7.73. The fourth-order valence-corrected chi connectivity index (χ4v) is 6.02. The molecule has 1 saturated carbocycles. The van der Waals surface area contributed by atoms with Crippen LogP contribution in [-0.4, -0.2) is 22.0 Å². The predicted molar refractivity (Wildman–Crippen MR) is 122 cm³/mol. The summed E-state index contributed by atoms with van der Waals surface area (Å²) in [6.45, 7) is 2.09. The van der Waals surface area contributed by atoms with Crippen molar-refractivity contribution < 1.29 is 14.7 Å². The number of benzene rings is 2. The lowest BCUT2D eigenvalue weighted by molar-refractivity contribution is -0.147. The van der Waals surface area contributed by atoms with Gasteiger partial charge in [0.15, 0.2) is 4.34 Å². The Labute approximate surface area is 183 Å². The molecule has 4 rings (SSSR count). The second-order valence-electron chi connectivity index (χ2n) is 7.76. The molecule has 0 saturated heterocycles. The smallest absolute Gasteiger partial charge is 0.307 e. The van der Waals surface area contributed by atoms with Gasteiger partial charge in [-0.2, -0.15) is 0 Å². The number of carbonyl (C=O) groups excluding carboxylic acids is 1. The number of thiazole rings is 1. The average molecular weight is 441 g/mol. The number of aromatic nitrogens is 1. The van der Waals surface area contributed by atoms with Crippen molar-refractivity contribution in [3.8, 4) is 0 Å². The molecule has 0 unspecified atom stereocenters. The van der Waals surface area contributed by atoms with E-state index in [0.717, 1.165) is 33.2 Å². The number of nitrogens with zero attached hydrogens (tertiary/aromatic N) is 1. The number of hydrogen-bond donors (Lipinski definition) is 2. The number of nitrogens with one attached hydrogen (secondary N) is 1. The van der Waals surface area contributed by atoms with E-state index in [1.54, 1.807) is 23.1 Å². The molecule has 2 N–H and O–H groups in total. The molecule has 7 heteroatoms. The van der Waals surface area contributed by atoms with Gasteiger partial charge in [-0.05, 0) is 43.5 Å². The van der Waals surface area contributed by atoms with Crippen molar-refractivity contribution in [2.75, 3.05) is 5.32 Å². The second kappa shape index (κ2) is 9.18. The number of anilines is 1. The monoisotopic (exact) mass is 440 g/mol. The van der Waals surface area contributed by atoms with Crippen molar-refractivity contribution in [2.45, 2.75) is 42.7 Å². The Kier molecular flexibility index (Phi) is 6.39. The van der Waals surface area contributed by atoms with E-state index in [-0.39, 0.29) is 5.91 Å². The van der Waals surface area contributed by atoms with Gasteiger partial charge < -0.3 is 10.4 Å². The van der Waals surface area contributed by atoms with Crippen LogP contribution in [0.4, 0.5) is 5.69 Å². The summed E-state index contributed by atoms with van der Waals surface area (Å²) in [5.74, 6) is -1.25. The fraction of sp³-hybridized carbons (Fsp3) is 0.348. The van der Waals surface area contributed by atoms with E-state index in [2.05, 4.69) is 41.5 Å². The van der Waals surface area contributed by atoms with Crippen LogP contribution in [0.3, 0.4) is 0 Å². The van der Waals surface area contributed by atoms with Crippen LogP contribution in [0.1, 0.15) is 36.8 Å². The average Bonchev–Trinajstić information content (AvgIpc) is 3.14. The van der Waals surface area contributed by atoms with Crippen molar-refractivity contribution in [3.63, 3.8) is 0 Å². The van der Waals surface area contributed by atoms with E-state index in [9.17, 15) is 14.7 Å². The Morgan fingerprint density at radius 1 is 1.17 bits per heavy atom. The van der Waals surface area contributed by atoms with E-state index in [4.69, 9.17) is 0 Å². The third kappa shape index (κ3) is 4.84. The van der Waals surface area contributed by atoms with Gasteiger partial charge in [0.2, 0.25) is 5.91 Å². The zero-order valence-corrected chi connectivity index (χ0v) is 18.4. The number of aliphatic carboxylic acids is 1. The van der Waals surface area contributed by atoms with Crippen LogP contribution in [0.5, 0.6) is 0 Å². The molecule has 1 aliphatic rings. The number of fused-ring (bicyclic) bond motifs is 1. The van der Waals surface area contributed by atoms with Gasteiger partial charge >= 0.3 is 5.97 Å². The number of hydrogen-bond acceptors (Lipinski definition) is 5. The highest BCUT2D eigenvalue weighted by Gasteiger charge is 2.35. The van der Waals surface area contributed by atoms with Gasteiger partial charge in [0.1, 0.15) is 0 Å². The van der Waals surface area contributed by atoms with Crippen molar-refractivity contribution >= 4 is 50.9 Å². The highest BCUT2D eigenvalue weighted by atomic mass is 32.2. The van der Waals surface area contributed by atoms with E-state index >= 15 is 0 Å². The predicted octanol–water partition coefficient (Wildman–Crippen LogP) is 5.73. The Hall–Kier alpha value is -2.38. The topological polar surface area (TPSA) is 79.3 Å². The van der Waals surface area contributed by atoms with E-state index in [0.29, 0.717) is 18.5 Å². The van der Waals surface area contributed by atoms with Gasteiger partial charge in [0, 0.05) is 11.4 Å². The van der Waals surface area contributed by atoms with E-state index < -0.39 is 17.8 Å². The van der Waals surface area contributed by atoms with Crippen LogP contribution in [0.2, 0.25) is 0 Å². The zero-order valence-electron chi connectivity index (χ0n) is 16.8. The largest absolute Gasteiger partial charge is 0.481 e. The van der Waals surface area contributed by atoms with Crippen molar-refractivity contribution in [1.82, 2.24) is 4.98 Å². The third-order valence-electron chi connectivity index (χ3n) is 5.50. The summed E-state index contributed by atoms with van der Waals surface area (Å²) in [5, 5.41) is 12.4. The molecule has 156 valence electrons. The highest BCUT2D eigenvalue weighted by molar-refractivity contribution is 8.00. The molecule has 2 aromatic carbocycles. The van der Waals surface area contributed by atoms with Crippen LogP contribution >= 0.6 is 23.1 Å². The number of thioether (sulfide) groups is 1. The van der Waals surface area contributed by atoms with Crippen molar-refractivity contribution in [3.05, 3.63) is 53.6 Å². The number of carboxylic acids is 1. The molecule has 0 bridgehead atoms. The van der Waals surface area contributed by atoms with Gasteiger partial charge in [-0.15, -0.1) is 11.3 Å². The van der Waals surface area contributed by atoms with Crippen LogP contribution in [-0.2, 0) is 15.3 Å². The molecule has 0 radical (unpaired) electrons. The summed E-state index contributed by atoms with van der Waals surface area (Å²) < 4.78 is 2.01. The maximum Gasteiger partial charge on any atom is 0.307 e. The van der Waals surface area contributed by atoms with Crippen LogP contribution < -0.4 is 5.32 Å². The standard InChI is InChI=1S/C23H24N2O3S2/c1-14-5-4-6-15(11-14)13-29-23-25-19-10-9-16(12-20(19)30-23)24-21(26)17-7-2-3-8-18(17)22(27)28/h4-6,9-12,17-18H,2-3,7-8,13H2,1H3,(H,24,26)(H,27,28)/t17-,18+/m0/s1. The first-order valence-electron chi connectivity index (χ1n) is 10.1. The molecular formula is C23H24N2O3S2. The Morgan fingerprint density at radius 3 is 2.73 bits per heavy atom. The minimum absolute atomic E-state index is 0.194. The van der Waals surface area contributed by atoms with Crippen molar-refractivity contribution in [2.24, 2.45) is 11.8 Å². The van der Waals surface area contributed by atoms with Gasteiger partial charge in [0.25, 0.3) is 0 Å². The molecule has 1 aliphatic carbocycles. The van der Waals surface area contributed by atoms with E-state index in [1.807, 2.05) is 18.2 Å². The van der Waals surface area contributed by atoms with Gasteiger partial charge in [0.05, 0.1) is 22.1 Å². The summed E-state index contributed by atoms with van der Waals surface area (Å²) in [6.07, 6.45) is 2.97. The first-order chi connectivity index (χ1) is 14.5. The van der Waals surface area contributed by atoms with E-state index in [1.165, 1.54) is 11.1 Å². The summed E-state index contributed by atoms with van der Waals surface area (Å²) in [6, 6.07) is 14.1. The zero-order chi connectivity index (χ0) is 21.1. The highest BCUT2D eigenvalue weighted by Crippen LogP contribution is 2.34. The van der Waals surface area contributed by atoms with Crippen molar-refractivity contribution in [1.29, 1.82) is 0 Å². The Balaban J connectivity index is 1.44. The molecule has 0 spiro atoms. The van der Waals surface area contributed by atoms with Gasteiger partial charge in [-0.3, -0.25) is 9.59 Å². The number of carbonyl (C=O) groups is 2. The van der Waals surface area contributed by atoms with Gasteiger partial charge in [-0.1, -0.05) is 54.4 Å². The first kappa shape index (κ1) is 20.9. The Bertz CT molecular complexity index is 1080. The summed E-state index contributed by atoms with van der Waals surface area (Å²) >= 11 is 3.32. The fourth-order valence-electron chi connectivity index (χ4n) is 3.97. The lowest BCUT2D eigenvalue weighted by Crippen LogP contribution is -2.36. The molecule has 1 heterocycles. The van der Waals surface area contributed by atoms with Gasteiger partial charge in [-0.25, -0.2) is 4.98 Å². The Morgan fingerprint density at radius 2 is 1.97 bits per heavy atom. The molecule has 2 atom stereocenters. The van der Waals surface area contributed by atoms with Crippen LogP contribution in [0.25, 0.3) is 10.2 Å². The number of amides is 1. The summed E-state index contributed by atoms with van der Waals surface area (Å²) in [5.41, 5.74) is 4.13. The van der Waals surface area contributed by atoms with Crippen LogP contribution in [0.15, 0.2) is 46.8 Å². The molecular weight excluding hydrogens is 416 g/mol. The molecule has 5 nitrogen and oxygen atoms in total. The number of rotatable bonds is 6. The SMILES string of the molecule is Cc1cccc(CSc2nc3ccc(NC(=O)[C@H]4CCCC[C@H]4C(=O)O)cc3s2)c1. The minimum Gasteiger partial charge on any atom is -0.481 e. The minimum atomic E-state index is -0.872. The number of aryl methyl sites for hydroxylation is 1. The van der Waals surface area contributed by atoms with Crippen LogP contribution in [0, 0.1) is 18.8 Å². The quantitative estimate of drug-likeness (QED) is 0.479. The molecule has 1 amide bonds. The molecule has 1 fully saturated rings. The lowest BCUT2D eigenvalue weighted by Gasteiger charge is -2.27. The molecule has 0 aliphatic heterocycles. The molecule has 3 aromatic rings. The maximum atomic E-state index is 12.7. The maximum absolute atomic E-state index is 12.7. The molecule has 1 aromatic heterocycles. The summed E-state index contributed by atoms with van der Waals surface area (Å²) in [7, 11) is 0. The number of carboxylic acid groups (broad SMARTS) is 1. The second-order valence-corrected chi connectivity index (χ2v) is 10.0. The lowest BCUT2D eigenvalue weighted by atomic mass is 9.78. The summed E-state index contributed by atoms with van der Waals surface area (Å²) in [4.78, 5) is 28.9. The normalized spacial score (nSPS) is 19.0.